The number of hydrogen-bond donors (Lipinski definition) is 0. The fraction of sp³-hybridized carbons (Fsp3) is 0.500. The fourth-order valence-corrected chi connectivity index (χ4v) is 2.92. The second-order valence-electron chi connectivity index (χ2n) is 7.74. The number of aromatic nitrogens is 2. The lowest BCUT2D eigenvalue weighted by Crippen LogP contribution is -2.45. The molecule has 8 nitrogen and oxygen atoms in total. The first-order chi connectivity index (χ1) is 13.3. The maximum absolute atomic E-state index is 12.4. The van der Waals surface area contributed by atoms with Crippen molar-refractivity contribution in [2.45, 2.75) is 45.8 Å². The highest BCUT2D eigenvalue weighted by atomic mass is 16.6. The van der Waals surface area contributed by atoms with Crippen LogP contribution in [0.2, 0.25) is 0 Å². The quantitative estimate of drug-likeness (QED) is 0.742. The molecule has 0 spiro atoms. The van der Waals surface area contributed by atoms with Crippen LogP contribution in [0.15, 0.2) is 34.7 Å². The maximum Gasteiger partial charge on any atom is 0.410 e. The first-order valence-corrected chi connectivity index (χ1v) is 9.34. The third-order valence-corrected chi connectivity index (χ3v) is 4.23. The molecule has 2 heterocycles. The average Bonchev–Trinajstić information content (AvgIpc) is 3.15. The Hall–Kier alpha value is -2.90. The van der Waals surface area contributed by atoms with Gasteiger partial charge in [-0.2, -0.15) is 0 Å². The Morgan fingerprint density at radius 2 is 1.96 bits per heavy atom. The van der Waals surface area contributed by atoms with Crippen molar-refractivity contribution in [3.8, 4) is 11.5 Å². The van der Waals surface area contributed by atoms with E-state index in [1.165, 1.54) is 0 Å². The van der Waals surface area contributed by atoms with E-state index in [1.54, 1.807) is 4.90 Å². The minimum absolute atomic E-state index is 0.0956. The number of rotatable bonds is 4. The Bertz CT molecular complexity index is 813. The number of piperidine rings is 1. The van der Waals surface area contributed by atoms with Crippen molar-refractivity contribution in [1.82, 2.24) is 15.1 Å². The fourth-order valence-electron chi connectivity index (χ4n) is 2.92. The second-order valence-corrected chi connectivity index (χ2v) is 7.74. The third-order valence-electron chi connectivity index (χ3n) is 4.23. The number of carbonyl (C=O) groups is 2. The summed E-state index contributed by atoms with van der Waals surface area (Å²) in [5, 5.41) is 7.88. The summed E-state index contributed by atoms with van der Waals surface area (Å²) in [6, 6.07) is 9.36. The summed E-state index contributed by atoms with van der Waals surface area (Å²) in [7, 11) is 0. The van der Waals surface area contributed by atoms with Crippen LogP contribution in [0.4, 0.5) is 4.79 Å². The van der Waals surface area contributed by atoms with E-state index in [0.717, 1.165) is 12.0 Å². The van der Waals surface area contributed by atoms with Crippen molar-refractivity contribution in [2.75, 3.05) is 13.1 Å². The van der Waals surface area contributed by atoms with Crippen molar-refractivity contribution in [3.63, 3.8) is 0 Å². The topological polar surface area (TPSA) is 94.8 Å². The number of nitrogens with zero attached hydrogens (tertiary/aromatic N) is 3. The van der Waals surface area contributed by atoms with Crippen LogP contribution < -0.4 is 0 Å². The number of esters is 1. The average molecular weight is 387 g/mol. The van der Waals surface area contributed by atoms with Crippen LogP contribution in [-0.2, 0) is 20.9 Å². The number of benzene rings is 1. The van der Waals surface area contributed by atoms with E-state index in [4.69, 9.17) is 13.9 Å². The molecule has 1 amide bonds. The standard InChI is InChI=1S/C20H25N3O5/c1-20(2,3)28-19(25)23-11-7-10-15(12-23)18(24)26-13-16-21-22-17(27-16)14-8-5-4-6-9-14/h4-6,8-9,15H,7,10-13H2,1-3H3/t15-/m1/s1. The Morgan fingerprint density at radius 1 is 1.21 bits per heavy atom. The van der Waals surface area contributed by atoms with Gasteiger partial charge in [0.25, 0.3) is 5.89 Å². The molecular weight excluding hydrogens is 362 g/mol. The van der Waals surface area contributed by atoms with Crippen molar-refractivity contribution < 1.29 is 23.5 Å². The van der Waals surface area contributed by atoms with Crippen LogP contribution in [0.3, 0.4) is 0 Å². The Kier molecular flexibility index (Phi) is 5.96. The van der Waals surface area contributed by atoms with Crippen molar-refractivity contribution in [2.24, 2.45) is 5.92 Å². The van der Waals surface area contributed by atoms with Gasteiger partial charge in [0.1, 0.15) is 5.60 Å². The first-order valence-electron chi connectivity index (χ1n) is 9.34. The lowest BCUT2D eigenvalue weighted by Gasteiger charge is -2.33. The lowest BCUT2D eigenvalue weighted by atomic mass is 9.98. The highest BCUT2D eigenvalue weighted by molar-refractivity contribution is 5.75. The minimum Gasteiger partial charge on any atom is -0.455 e. The van der Waals surface area contributed by atoms with Gasteiger partial charge >= 0.3 is 12.1 Å². The molecule has 2 aromatic rings. The van der Waals surface area contributed by atoms with Gasteiger partial charge in [0.05, 0.1) is 5.92 Å². The molecule has 1 aliphatic rings. The van der Waals surface area contributed by atoms with Gasteiger partial charge in [-0.25, -0.2) is 4.79 Å². The summed E-state index contributed by atoms with van der Waals surface area (Å²) in [4.78, 5) is 26.2. The largest absolute Gasteiger partial charge is 0.455 e. The van der Waals surface area contributed by atoms with Gasteiger partial charge in [0.15, 0.2) is 6.61 Å². The monoisotopic (exact) mass is 387 g/mol. The molecule has 1 aromatic carbocycles. The summed E-state index contributed by atoms with van der Waals surface area (Å²) in [5.74, 6) is -0.169. The van der Waals surface area contributed by atoms with Crippen LogP contribution in [0.1, 0.15) is 39.5 Å². The number of likely N-dealkylation sites (tertiary alicyclic amines) is 1. The van der Waals surface area contributed by atoms with E-state index in [0.29, 0.717) is 18.9 Å². The van der Waals surface area contributed by atoms with E-state index in [1.807, 2.05) is 51.1 Å². The molecule has 0 bridgehead atoms. The van der Waals surface area contributed by atoms with E-state index in [-0.39, 0.29) is 25.0 Å². The van der Waals surface area contributed by atoms with Crippen molar-refractivity contribution >= 4 is 12.1 Å². The highest BCUT2D eigenvalue weighted by Gasteiger charge is 2.32. The summed E-state index contributed by atoms with van der Waals surface area (Å²) in [6.45, 7) is 6.20. The van der Waals surface area contributed by atoms with Gasteiger partial charge in [-0.05, 0) is 45.7 Å². The second kappa shape index (κ2) is 8.41. The van der Waals surface area contributed by atoms with E-state index in [9.17, 15) is 9.59 Å². The Balaban J connectivity index is 1.52. The normalized spacial score (nSPS) is 17.2. The minimum atomic E-state index is -0.570. The molecule has 8 heteroatoms. The van der Waals surface area contributed by atoms with Crippen LogP contribution in [0, 0.1) is 5.92 Å². The number of ether oxygens (including phenoxy) is 2. The molecule has 1 fully saturated rings. The highest BCUT2D eigenvalue weighted by Crippen LogP contribution is 2.22. The number of amides is 1. The Morgan fingerprint density at radius 3 is 2.68 bits per heavy atom. The third kappa shape index (κ3) is 5.31. The predicted octanol–water partition coefficient (Wildman–Crippen LogP) is 3.43. The van der Waals surface area contributed by atoms with Gasteiger partial charge in [-0.3, -0.25) is 4.79 Å². The Labute approximate surface area is 163 Å². The lowest BCUT2D eigenvalue weighted by molar-refractivity contribution is -0.152. The van der Waals surface area contributed by atoms with Gasteiger partial charge in [0, 0.05) is 18.7 Å². The zero-order chi connectivity index (χ0) is 20.1. The summed E-state index contributed by atoms with van der Waals surface area (Å²) < 4.78 is 16.3. The summed E-state index contributed by atoms with van der Waals surface area (Å²) >= 11 is 0. The van der Waals surface area contributed by atoms with Crippen LogP contribution in [-0.4, -0.2) is 45.9 Å². The molecule has 1 atom stereocenters. The smallest absolute Gasteiger partial charge is 0.410 e. The SMILES string of the molecule is CC(C)(C)OC(=O)N1CCC[C@@H](C(=O)OCc2nnc(-c3ccccc3)o2)C1. The van der Waals surface area contributed by atoms with Crippen molar-refractivity contribution in [1.29, 1.82) is 0 Å². The molecule has 150 valence electrons. The molecular formula is C20H25N3O5. The molecule has 0 aliphatic carbocycles. The summed E-state index contributed by atoms with van der Waals surface area (Å²) in [6.07, 6.45) is 0.976. The van der Waals surface area contributed by atoms with Crippen LogP contribution in [0.25, 0.3) is 11.5 Å². The zero-order valence-electron chi connectivity index (χ0n) is 16.4. The molecule has 1 aliphatic heterocycles. The molecule has 1 saturated heterocycles. The number of carbonyl (C=O) groups excluding carboxylic acids is 2. The van der Waals surface area contributed by atoms with Gasteiger partial charge < -0.3 is 18.8 Å². The molecule has 1 aromatic heterocycles. The first kappa shape index (κ1) is 19.9. The van der Waals surface area contributed by atoms with Gasteiger partial charge in [-0.15, -0.1) is 10.2 Å². The molecule has 0 radical (unpaired) electrons. The zero-order valence-corrected chi connectivity index (χ0v) is 16.4. The van der Waals surface area contributed by atoms with Crippen LogP contribution >= 0.6 is 0 Å². The number of hydrogen-bond acceptors (Lipinski definition) is 7. The molecule has 0 N–H and O–H groups in total. The van der Waals surface area contributed by atoms with Crippen LogP contribution in [0.5, 0.6) is 0 Å². The molecule has 3 rings (SSSR count). The maximum atomic E-state index is 12.4. The van der Waals surface area contributed by atoms with Gasteiger partial charge in [-0.1, -0.05) is 18.2 Å². The van der Waals surface area contributed by atoms with E-state index in [2.05, 4.69) is 10.2 Å². The molecule has 28 heavy (non-hydrogen) atoms. The van der Waals surface area contributed by atoms with Crippen molar-refractivity contribution in [3.05, 3.63) is 36.2 Å². The van der Waals surface area contributed by atoms with E-state index >= 15 is 0 Å². The summed E-state index contributed by atoms with van der Waals surface area (Å²) in [5.41, 5.74) is 0.228. The molecule has 0 unspecified atom stereocenters. The van der Waals surface area contributed by atoms with Gasteiger partial charge in [0.2, 0.25) is 5.89 Å². The predicted molar refractivity (Wildman–Crippen MR) is 100 cm³/mol. The molecule has 0 saturated carbocycles. The van der Waals surface area contributed by atoms with E-state index < -0.39 is 17.6 Å².